The lowest BCUT2D eigenvalue weighted by molar-refractivity contribution is 0.281. The molecule has 0 aromatic rings. The monoisotopic (exact) mass is 155 g/mol. The average molecular weight is 155 g/mol. The first-order valence-electron chi connectivity index (χ1n) is 4.31. The van der Waals surface area contributed by atoms with E-state index < -0.39 is 0 Å². The van der Waals surface area contributed by atoms with Crippen molar-refractivity contribution in [2.24, 2.45) is 5.73 Å². The summed E-state index contributed by atoms with van der Waals surface area (Å²) in [6.45, 7) is 3.99. The van der Waals surface area contributed by atoms with Gasteiger partial charge in [-0.25, -0.2) is 0 Å². The van der Waals surface area contributed by atoms with E-state index >= 15 is 0 Å². The van der Waals surface area contributed by atoms with Crippen molar-refractivity contribution in [3.8, 4) is 0 Å². The van der Waals surface area contributed by atoms with Crippen molar-refractivity contribution in [2.45, 2.75) is 32.2 Å². The maximum absolute atomic E-state index is 7.16. The summed E-state index contributed by atoms with van der Waals surface area (Å²) in [5.74, 6) is 0.297. The molecule has 3 nitrogen and oxygen atoms in total. The molecule has 1 rings (SSSR count). The van der Waals surface area contributed by atoms with Crippen LogP contribution < -0.4 is 5.73 Å². The van der Waals surface area contributed by atoms with Crippen LogP contribution in [0, 0.1) is 5.41 Å². The number of nitrogens with one attached hydrogen (secondary N) is 1. The Bertz CT molecular complexity index is 144. The zero-order valence-corrected chi connectivity index (χ0v) is 7.14. The normalized spacial score (nSPS) is 25.7. The van der Waals surface area contributed by atoms with Crippen molar-refractivity contribution in [1.29, 1.82) is 5.41 Å². The van der Waals surface area contributed by atoms with E-state index in [2.05, 4.69) is 11.8 Å². The van der Waals surface area contributed by atoms with Gasteiger partial charge in [0.15, 0.2) is 0 Å². The van der Waals surface area contributed by atoms with E-state index in [0.29, 0.717) is 18.4 Å². The van der Waals surface area contributed by atoms with E-state index in [1.54, 1.807) is 0 Å². The second kappa shape index (κ2) is 3.72. The van der Waals surface area contributed by atoms with Crippen molar-refractivity contribution < 1.29 is 0 Å². The highest BCUT2D eigenvalue weighted by atomic mass is 15.2. The zero-order valence-electron chi connectivity index (χ0n) is 7.14. The zero-order chi connectivity index (χ0) is 8.27. The van der Waals surface area contributed by atoms with E-state index in [-0.39, 0.29) is 0 Å². The van der Waals surface area contributed by atoms with Gasteiger partial charge in [-0.05, 0) is 25.8 Å². The Hall–Kier alpha value is -0.570. The van der Waals surface area contributed by atoms with Crippen LogP contribution in [0.1, 0.15) is 26.2 Å². The Balaban J connectivity index is 2.37. The predicted octanol–water partition coefficient (Wildman–Crippen LogP) is 0.797. The van der Waals surface area contributed by atoms with Crippen LogP contribution in [0.4, 0.5) is 0 Å². The lowest BCUT2D eigenvalue weighted by Crippen LogP contribution is -2.36. The van der Waals surface area contributed by atoms with Gasteiger partial charge < -0.3 is 5.73 Å². The molecular weight excluding hydrogens is 138 g/mol. The summed E-state index contributed by atoms with van der Waals surface area (Å²) in [7, 11) is 0. The summed E-state index contributed by atoms with van der Waals surface area (Å²) < 4.78 is 0. The summed E-state index contributed by atoms with van der Waals surface area (Å²) >= 11 is 0. The number of nitrogens with zero attached hydrogens (tertiary/aromatic N) is 1. The Kier molecular flexibility index (Phi) is 2.88. The van der Waals surface area contributed by atoms with E-state index in [1.165, 1.54) is 19.3 Å². The van der Waals surface area contributed by atoms with Gasteiger partial charge in [0, 0.05) is 6.04 Å². The molecule has 0 amide bonds. The highest BCUT2D eigenvalue weighted by Crippen LogP contribution is 2.18. The molecule has 1 aliphatic rings. The van der Waals surface area contributed by atoms with Gasteiger partial charge in [-0.15, -0.1) is 0 Å². The molecule has 1 unspecified atom stereocenters. The standard InChI is InChI=1S/C8H17N3/c1-2-7-4-3-5-11(7)6-8(9)10/h7H,2-6H2,1H3,(H3,9,10). The summed E-state index contributed by atoms with van der Waals surface area (Å²) in [6, 6.07) is 0.680. The number of hydrogen-bond acceptors (Lipinski definition) is 2. The quantitative estimate of drug-likeness (QED) is 0.468. The molecule has 3 heteroatoms. The SMILES string of the molecule is CCC1CCCN1CC(=N)N. The minimum atomic E-state index is 0.297. The Morgan fingerprint density at radius 1 is 1.73 bits per heavy atom. The van der Waals surface area contributed by atoms with Crippen molar-refractivity contribution in [1.82, 2.24) is 4.90 Å². The van der Waals surface area contributed by atoms with Crippen LogP contribution in [-0.4, -0.2) is 29.9 Å². The highest BCUT2D eigenvalue weighted by Gasteiger charge is 2.22. The number of likely N-dealkylation sites (tertiary alicyclic amines) is 1. The maximum Gasteiger partial charge on any atom is 0.105 e. The second-order valence-corrected chi connectivity index (χ2v) is 3.20. The van der Waals surface area contributed by atoms with Gasteiger partial charge in [0.1, 0.15) is 5.84 Å². The van der Waals surface area contributed by atoms with Crippen LogP contribution in [0.25, 0.3) is 0 Å². The maximum atomic E-state index is 7.16. The molecule has 1 atom stereocenters. The molecule has 1 saturated heterocycles. The molecule has 64 valence electrons. The molecule has 3 N–H and O–H groups in total. The summed E-state index contributed by atoms with van der Waals surface area (Å²) in [5.41, 5.74) is 5.33. The van der Waals surface area contributed by atoms with Crippen molar-refractivity contribution in [3.63, 3.8) is 0 Å². The van der Waals surface area contributed by atoms with E-state index in [0.717, 1.165) is 6.54 Å². The fraction of sp³-hybridized carbons (Fsp3) is 0.875. The molecule has 0 aliphatic carbocycles. The van der Waals surface area contributed by atoms with Crippen LogP contribution in [0.5, 0.6) is 0 Å². The minimum absolute atomic E-state index is 0.297. The molecule has 11 heavy (non-hydrogen) atoms. The fourth-order valence-corrected chi connectivity index (χ4v) is 1.78. The fourth-order valence-electron chi connectivity index (χ4n) is 1.78. The summed E-state index contributed by atoms with van der Waals surface area (Å²) in [4.78, 5) is 2.31. The first-order valence-corrected chi connectivity index (χ1v) is 4.31. The summed E-state index contributed by atoms with van der Waals surface area (Å²) in [5, 5.41) is 7.16. The van der Waals surface area contributed by atoms with Crippen molar-refractivity contribution >= 4 is 5.84 Å². The number of hydrogen-bond donors (Lipinski definition) is 2. The number of rotatable bonds is 3. The lowest BCUT2D eigenvalue weighted by Gasteiger charge is -2.21. The smallest absolute Gasteiger partial charge is 0.105 e. The van der Waals surface area contributed by atoms with Gasteiger partial charge in [-0.1, -0.05) is 6.92 Å². The summed E-state index contributed by atoms with van der Waals surface area (Å²) in [6.07, 6.45) is 3.74. The van der Waals surface area contributed by atoms with E-state index in [1.807, 2.05) is 0 Å². The van der Waals surface area contributed by atoms with Crippen LogP contribution in [0.2, 0.25) is 0 Å². The molecule has 1 aliphatic heterocycles. The van der Waals surface area contributed by atoms with Crippen LogP contribution in [-0.2, 0) is 0 Å². The van der Waals surface area contributed by atoms with Crippen LogP contribution in [0.3, 0.4) is 0 Å². The minimum Gasteiger partial charge on any atom is -0.387 e. The third-order valence-electron chi connectivity index (χ3n) is 2.34. The first kappa shape index (κ1) is 8.53. The number of amidine groups is 1. The first-order chi connectivity index (χ1) is 5.24. The number of nitrogens with two attached hydrogens (primary N) is 1. The Morgan fingerprint density at radius 2 is 2.45 bits per heavy atom. The average Bonchev–Trinajstić information content (AvgIpc) is 2.34. The van der Waals surface area contributed by atoms with Gasteiger partial charge in [-0.2, -0.15) is 0 Å². The molecule has 0 spiro atoms. The molecule has 1 heterocycles. The second-order valence-electron chi connectivity index (χ2n) is 3.20. The van der Waals surface area contributed by atoms with Gasteiger partial charge in [-0.3, -0.25) is 10.3 Å². The topological polar surface area (TPSA) is 53.1 Å². The predicted molar refractivity (Wildman–Crippen MR) is 46.8 cm³/mol. The van der Waals surface area contributed by atoms with Gasteiger partial charge in [0.25, 0.3) is 0 Å². The largest absolute Gasteiger partial charge is 0.387 e. The van der Waals surface area contributed by atoms with Crippen molar-refractivity contribution in [2.75, 3.05) is 13.1 Å². The lowest BCUT2D eigenvalue weighted by atomic mass is 10.2. The third-order valence-corrected chi connectivity index (χ3v) is 2.34. The Morgan fingerprint density at radius 3 is 3.00 bits per heavy atom. The van der Waals surface area contributed by atoms with Crippen LogP contribution >= 0.6 is 0 Å². The molecule has 0 aromatic carbocycles. The highest BCUT2D eigenvalue weighted by molar-refractivity contribution is 5.79. The molecule has 1 fully saturated rings. The van der Waals surface area contributed by atoms with Gasteiger partial charge in [0.05, 0.1) is 6.54 Å². The molecule has 0 radical (unpaired) electrons. The molecule has 0 saturated carbocycles. The van der Waals surface area contributed by atoms with E-state index in [4.69, 9.17) is 11.1 Å². The van der Waals surface area contributed by atoms with Crippen molar-refractivity contribution in [3.05, 3.63) is 0 Å². The van der Waals surface area contributed by atoms with Gasteiger partial charge in [0.2, 0.25) is 0 Å². The molecule has 0 bridgehead atoms. The van der Waals surface area contributed by atoms with Gasteiger partial charge >= 0.3 is 0 Å². The third kappa shape index (κ3) is 2.19. The van der Waals surface area contributed by atoms with Crippen LogP contribution in [0.15, 0.2) is 0 Å². The van der Waals surface area contributed by atoms with E-state index in [9.17, 15) is 0 Å². The molecular formula is C8H17N3. The molecule has 0 aromatic heterocycles. The Labute approximate surface area is 68.1 Å².